The topological polar surface area (TPSA) is 57.7 Å². The van der Waals surface area contributed by atoms with Gasteiger partial charge in [-0.15, -0.1) is 11.8 Å². The van der Waals surface area contributed by atoms with Gasteiger partial charge in [0.05, 0.1) is 10.6 Å². The van der Waals surface area contributed by atoms with Crippen molar-refractivity contribution in [2.24, 2.45) is 0 Å². The molecule has 1 heterocycles. The van der Waals surface area contributed by atoms with Crippen molar-refractivity contribution >= 4 is 33.4 Å². The van der Waals surface area contributed by atoms with E-state index in [9.17, 15) is 13.2 Å². The van der Waals surface area contributed by atoms with Gasteiger partial charge in [-0.3, -0.25) is 9.10 Å². The predicted molar refractivity (Wildman–Crippen MR) is 114 cm³/mol. The van der Waals surface area contributed by atoms with Crippen LogP contribution >= 0.6 is 11.8 Å². The average Bonchev–Trinajstić information content (AvgIpc) is 2.73. The molecule has 0 bridgehead atoms. The summed E-state index contributed by atoms with van der Waals surface area (Å²) in [5, 5.41) is 0. The van der Waals surface area contributed by atoms with Crippen LogP contribution in [0.15, 0.2) is 58.3 Å². The van der Waals surface area contributed by atoms with Crippen LogP contribution in [0.25, 0.3) is 0 Å². The first-order valence-corrected chi connectivity index (χ1v) is 12.1. The number of hydrogen-bond acceptors (Lipinski definition) is 4. The smallest absolute Gasteiger partial charge is 0.264 e. The fraction of sp³-hybridized carbons (Fsp3) is 0.381. The monoisotopic (exact) mass is 418 g/mol. The third-order valence-electron chi connectivity index (χ3n) is 4.96. The molecule has 28 heavy (non-hydrogen) atoms. The molecular formula is C21H26N2O3S2. The molecular weight excluding hydrogens is 392 g/mol. The molecule has 0 radical (unpaired) electrons. The van der Waals surface area contributed by atoms with E-state index in [1.54, 1.807) is 53.1 Å². The lowest BCUT2D eigenvalue weighted by Gasteiger charge is -2.30. The third-order valence-corrected chi connectivity index (χ3v) is 7.49. The minimum Gasteiger partial charge on any atom is -0.341 e. The van der Waals surface area contributed by atoms with Gasteiger partial charge < -0.3 is 4.90 Å². The summed E-state index contributed by atoms with van der Waals surface area (Å²) in [6.07, 6.45) is 5.00. The van der Waals surface area contributed by atoms with Crippen LogP contribution in [0, 0.1) is 6.92 Å². The number of amides is 1. The van der Waals surface area contributed by atoms with Crippen LogP contribution < -0.4 is 4.31 Å². The molecule has 150 valence electrons. The zero-order valence-corrected chi connectivity index (χ0v) is 17.9. The van der Waals surface area contributed by atoms with Gasteiger partial charge in [0, 0.05) is 18.0 Å². The lowest BCUT2D eigenvalue weighted by molar-refractivity contribution is -0.130. The molecule has 0 atom stereocenters. The van der Waals surface area contributed by atoms with Crippen molar-refractivity contribution in [2.75, 3.05) is 30.2 Å². The highest BCUT2D eigenvalue weighted by atomic mass is 32.2. The van der Waals surface area contributed by atoms with E-state index in [0.29, 0.717) is 18.8 Å². The number of hydrogen-bond donors (Lipinski definition) is 0. The number of rotatable bonds is 6. The summed E-state index contributed by atoms with van der Waals surface area (Å²) in [4.78, 5) is 15.8. The number of benzene rings is 2. The second kappa shape index (κ2) is 9.01. The molecule has 0 aliphatic carbocycles. The number of thioether (sulfide) groups is 1. The second-order valence-electron chi connectivity index (χ2n) is 6.96. The van der Waals surface area contributed by atoms with Crippen molar-refractivity contribution in [2.45, 2.75) is 36.0 Å². The maximum atomic E-state index is 13.4. The predicted octanol–water partition coefficient (Wildman–Crippen LogP) is 3.92. The van der Waals surface area contributed by atoms with Gasteiger partial charge in [-0.1, -0.05) is 17.7 Å². The van der Waals surface area contributed by atoms with Crippen LogP contribution in [-0.2, 0) is 14.8 Å². The summed E-state index contributed by atoms with van der Waals surface area (Å²) in [5.41, 5.74) is 1.54. The van der Waals surface area contributed by atoms with Gasteiger partial charge in [-0.2, -0.15) is 0 Å². The molecule has 1 fully saturated rings. The van der Waals surface area contributed by atoms with Crippen LogP contribution in [0.1, 0.15) is 24.8 Å². The van der Waals surface area contributed by atoms with E-state index in [0.717, 1.165) is 29.7 Å². The van der Waals surface area contributed by atoms with Crippen molar-refractivity contribution in [1.29, 1.82) is 0 Å². The summed E-state index contributed by atoms with van der Waals surface area (Å²) in [5.74, 6) is -0.149. The second-order valence-corrected chi connectivity index (χ2v) is 9.71. The number of sulfonamides is 1. The number of aryl methyl sites for hydroxylation is 1. The van der Waals surface area contributed by atoms with Gasteiger partial charge in [0.1, 0.15) is 6.54 Å². The van der Waals surface area contributed by atoms with Gasteiger partial charge in [0.25, 0.3) is 10.0 Å². The number of likely N-dealkylation sites (tertiary alicyclic amines) is 1. The number of carbonyl (C=O) groups is 1. The molecule has 7 heteroatoms. The Morgan fingerprint density at radius 1 is 1.00 bits per heavy atom. The minimum atomic E-state index is -3.85. The first-order chi connectivity index (χ1) is 13.4. The molecule has 0 N–H and O–H groups in total. The highest BCUT2D eigenvalue weighted by Gasteiger charge is 2.29. The van der Waals surface area contributed by atoms with E-state index in [1.807, 2.05) is 25.3 Å². The maximum absolute atomic E-state index is 13.4. The van der Waals surface area contributed by atoms with Crippen LogP contribution in [-0.4, -0.2) is 45.1 Å². The first kappa shape index (κ1) is 20.7. The summed E-state index contributed by atoms with van der Waals surface area (Å²) in [6.45, 7) is 3.16. The number of piperidine rings is 1. The van der Waals surface area contributed by atoms with Gasteiger partial charge in [0.15, 0.2) is 0 Å². The molecule has 2 aromatic carbocycles. The molecule has 0 aromatic heterocycles. The maximum Gasteiger partial charge on any atom is 0.264 e. The van der Waals surface area contributed by atoms with Crippen LogP contribution in [0.3, 0.4) is 0 Å². The Bertz CT molecular complexity index is 904. The standard InChI is InChI=1S/C21H26N2O3S2/c1-17-6-8-18(9-7-17)23(16-21(24)22-14-4-3-5-15-22)28(25,26)20-12-10-19(27-2)11-13-20/h6-13H,3-5,14-16H2,1-2H3. The molecule has 0 unspecified atom stereocenters. The Labute approximate surface area is 171 Å². The van der Waals surface area contributed by atoms with Crippen molar-refractivity contribution in [3.05, 3.63) is 54.1 Å². The lowest BCUT2D eigenvalue weighted by Crippen LogP contribution is -2.44. The summed E-state index contributed by atoms with van der Waals surface area (Å²) >= 11 is 1.55. The van der Waals surface area contributed by atoms with Crippen molar-refractivity contribution in [3.63, 3.8) is 0 Å². The number of anilines is 1. The first-order valence-electron chi connectivity index (χ1n) is 9.43. The molecule has 1 amide bonds. The van der Waals surface area contributed by atoms with Crippen molar-refractivity contribution in [1.82, 2.24) is 4.90 Å². The van der Waals surface area contributed by atoms with Crippen LogP contribution in [0.2, 0.25) is 0 Å². The Kier molecular flexibility index (Phi) is 6.67. The summed E-state index contributed by atoms with van der Waals surface area (Å²) in [7, 11) is -3.85. The van der Waals surface area contributed by atoms with E-state index in [-0.39, 0.29) is 17.3 Å². The van der Waals surface area contributed by atoms with Gasteiger partial charge in [-0.05, 0) is 68.8 Å². The Morgan fingerprint density at radius 2 is 1.61 bits per heavy atom. The number of nitrogens with zero attached hydrogens (tertiary/aromatic N) is 2. The fourth-order valence-corrected chi connectivity index (χ4v) is 5.09. The Morgan fingerprint density at radius 3 is 2.18 bits per heavy atom. The number of carbonyl (C=O) groups excluding carboxylic acids is 1. The van der Waals surface area contributed by atoms with Gasteiger partial charge >= 0.3 is 0 Å². The summed E-state index contributed by atoms with van der Waals surface area (Å²) in [6, 6.07) is 14.0. The van der Waals surface area contributed by atoms with Gasteiger partial charge in [-0.25, -0.2) is 8.42 Å². The average molecular weight is 419 g/mol. The van der Waals surface area contributed by atoms with Crippen LogP contribution in [0.5, 0.6) is 0 Å². The van der Waals surface area contributed by atoms with Crippen LogP contribution in [0.4, 0.5) is 5.69 Å². The van der Waals surface area contributed by atoms with E-state index in [4.69, 9.17) is 0 Å². The molecule has 5 nitrogen and oxygen atoms in total. The highest BCUT2D eigenvalue weighted by Crippen LogP contribution is 2.26. The normalized spacial score (nSPS) is 14.7. The Hall–Kier alpha value is -1.99. The molecule has 0 spiro atoms. The van der Waals surface area contributed by atoms with E-state index in [2.05, 4.69) is 0 Å². The molecule has 0 saturated carbocycles. The molecule has 1 aliphatic heterocycles. The molecule has 3 rings (SSSR count). The van der Waals surface area contributed by atoms with E-state index < -0.39 is 10.0 Å². The fourth-order valence-electron chi connectivity index (χ4n) is 3.27. The zero-order valence-electron chi connectivity index (χ0n) is 16.3. The summed E-state index contributed by atoms with van der Waals surface area (Å²) < 4.78 is 28.0. The van der Waals surface area contributed by atoms with E-state index >= 15 is 0 Å². The highest BCUT2D eigenvalue weighted by molar-refractivity contribution is 7.98. The third kappa shape index (κ3) is 4.70. The van der Waals surface area contributed by atoms with Crippen molar-refractivity contribution < 1.29 is 13.2 Å². The SMILES string of the molecule is CSc1ccc(S(=O)(=O)N(CC(=O)N2CCCCC2)c2ccc(C)cc2)cc1. The molecule has 1 aliphatic rings. The quantitative estimate of drug-likeness (QED) is 0.667. The zero-order chi connectivity index (χ0) is 20.1. The molecule has 1 saturated heterocycles. The van der Waals surface area contributed by atoms with Gasteiger partial charge in [0.2, 0.25) is 5.91 Å². The minimum absolute atomic E-state index is 0.149. The largest absolute Gasteiger partial charge is 0.341 e. The molecule has 2 aromatic rings. The van der Waals surface area contributed by atoms with Crippen molar-refractivity contribution in [3.8, 4) is 0 Å². The Balaban J connectivity index is 1.94. The lowest BCUT2D eigenvalue weighted by atomic mass is 10.1. The van der Waals surface area contributed by atoms with E-state index in [1.165, 1.54) is 4.31 Å².